The maximum atomic E-state index is 5.11. The summed E-state index contributed by atoms with van der Waals surface area (Å²) < 4.78 is 5.11. The largest absolute Gasteiger partial charge is 0.497 e. The fourth-order valence-electron chi connectivity index (χ4n) is 1.26. The van der Waals surface area contributed by atoms with Gasteiger partial charge in [-0.15, -0.1) is 0 Å². The summed E-state index contributed by atoms with van der Waals surface area (Å²) in [6, 6.07) is 9.39. The third-order valence-corrected chi connectivity index (χ3v) is 3.62. The van der Waals surface area contributed by atoms with Crippen LogP contribution in [0, 0.1) is 0 Å². The Bertz CT molecular complexity index is 319. The van der Waals surface area contributed by atoms with Crippen LogP contribution in [0.25, 0.3) is 6.08 Å². The van der Waals surface area contributed by atoms with E-state index in [0.717, 1.165) is 5.75 Å². The molecule has 15 heavy (non-hydrogen) atoms. The summed E-state index contributed by atoms with van der Waals surface area (Å²) in [5, 5.41) is 0. The number of ether oxygens (including phenoxy) is 1. The van der Waals surface area contributed by atoms with Gasteiger partial charge in [-0.25, -0.2) is 0 Å². The molecule has 1 nitrogen and oxygen atoms in total. The van der Waals surface area contributed by atoms with E-state index < -0.39 is 8.07 Å². The predicted octanol–water partition coefficient (Wildman–Crippen LogP) is 4.05. The standard InChI is InChI=1S/C13H20OSi/c1-14-13-9-7-12(8-10-13)6-5-11-15(2,3)4/h5-10H,11H2,1-4H3. The number of rotatable bonds is 4. The minimum atomic E-state index is -0.940. The highest BCUT2D eigenvalue weighted by molar-refractivity contribution is 6.76. The smallest absolute Gasteiger partial charge is 0.118 e. The molecule has 0 aliphatic rings. The third-order valence-electron chi connectivity index (χ3n) is 2.16. The van der Waals surface area contributed by atoms with Gasteiger partial charge in [0.2, 0.25) is 0 Å². The molecule has 0 aromatic heterocycles. The SMILES string of the molecule is COc1ccc(C=CC[Si](C)(C)C)cc1. The first-order chi connectivity index (χ1) is 7.01. The molecule has 0 bridgehead atoms. The molecule has 0 atom stereocenters. The number of methoxy groups -OCH3 is 1. The van der Waals surface area contributed by atoms with Crippen molar-refractivity contribution in [1.82, 2.24) is 0 Å². The van der Waals surface area contributed by atoms with Crippen molar-refractivity contribution in [2.45, 2.75) is 25.7 Å². The van der Waals surface area contributed by atoms with E-state index in [9.17, 15) is 0 Å². The second-order valence-electron chi connectivity index (χ2n) is 4.94. The molecule has 1 rings (SSSR count). The first kappa shape index (κ1) is 12.0. The van der Waals surface area contributed by atoms with Crippen LogP contribution in [0.5, 0.6) is 5.75 Å². The molecule has 0 heterocycles. The lowest BCUT2D eigenvalue weighted by Gasteiger charge is -2.11. The summed E-state index contributed by atoms with van der Waals surface area (Å²) in [4.78, 5) is 0. The van der Waals surface area contributed by atoms with Crippen molar-refractivity contribution in [2.24, 2.45) is 0 Å². The molecule has 0 radical (unpaired) electrons. The quantitative estimate of drug-likeness (QED) is 0.696. The average molecular weight is 220 g/mol. The molecular formula is C13H20OSi. The minimum absolute atomic E-state index is 0.914. The molecule has 0 amide bonds. The van der Waals surface area contributed by atoms with Crippen LogP contribution in [-0.4, -0.2) is 15.2 Å². The number of hydrogen-bond donors (Lipinski definition) is 0. The van der Waals surface area contributed by atoms with Crippen LogP contribution in [0.15, 0.2) is 30.3 Å². The Labute approximate surface area is 93.8 Å². The topological polar surface area (TPSA) is 9.23 Å². The lowest BCUT2D eigenvalue weighted by molar-refractivity contribution is 0.415. The molecule has 82 valence electrons. The van der Waals surface area contributed by atoms with Crippen molar-refractivity contribution >= 4 is 14.1 Å². The fraction of sp³-hybridized carbons (Fsp3) is 0.385. The third kappa shape index (κ3) is 4.84. The van der Waals surface area contributed by atoms with Crippen molar-refractivity contribution in [3.8, 4) is 5.75 Å². The molecule has 2 heteroatoms. The molecule has 0 aliphatic heterocycles. The highest BCUT2D eigenvalue weighted by Gasteiger charge is 2.09. The normalized spacial score (nSPS) is 12.0. The Balaban J connectivity index is 2.57. The summed E-state index contributed by atoms with van der Waals surface area (Å²) in [5.74, 6) is 0.914. The molecule has 0 N–H and O–H groups in total. The second kappa shape index (κ2) is 5.17. The second-order valence-corrected chi connectivity index (χ2v) is 10.5. The van der Waals surface area contributed by atoms with Gasteiger partial charge >= 0.3 is 0 Å². The summed E-state index contributed by atoms with van der Waals surface area (Å²) >= 11 is 0. The van der Waals surface area contributed by atoms with Gasteiger partial charge in [-0.1, -0.05) is 43.9 Å². The van der Waals surface area contributed by atoms with E-state index in [-0.39, 0.29) is 0 Å². The van der Waals surface area contributed by atoms with Gasteiger partial charge in [-0.2, -0.15) is 0 Å². The molecule has 1 aromatic carbocycles. The zero-order valence-electron chi connectivity index (χ0n) is 10.1. The molecule has 0 spiro atoms. The zero-order valence-corrected chi connectivity index (χ0v) is 11.1. The van der Waals surface area contributed by atoms with Gasteiger partial charge in [-0.05, 0) is 23.7 Å². The van der Waals surface area contributed by atoms with Crippen LogP contribution >= 0.6 is 0 Å². The molecular weight excluding hydrogens is 200 g/mol. The summed E-state index contributed by atoms with van der Waals surface area (Å²) in [7, 11) is 0.750. The van der Waals surface area contributed by atoms with Gasteiger partial charge in [0.25, 0.3) is 0 Å². The van der Waals surface area contributed by atoms with Crippen LogP contribution < -0.4 is 4.74 Å². The van der Waals surface area contributed by atoms with E-state index in [4.69, 9.17) is 4.74 Å². The summed E-state index contributed by atoms with van der Waals surface area (Å²) in [6.07, 6.45) is 4.48. The van der Waals surface area contributed by atoms with Crippen molar-refractivity contribution in [3.63, 3.8) is 0 Å². The number of benzene rings is 1. The molecule has 0 fully saturated rings. The van der Waals surface area contributed by atoms with Gasteiger partial charge in [0.15, 0.2) is 0 Å². The van der Waals surface area contributed by atoms with Gasteiger partial charge in [-0.3, -0.25) is 0 Å². The summed E-state index contributed by atoms with van der Waals surface area (Å²) in [5.41, 5.74) is 1.24. The van der Waals surface area contributed by atoms with Gasteiger partial charge in [0, 0.05) is 8.07 Å². The Morgan fingerprint density at radius 1 is 1.13 bits per heavy atom. The van der Waals surface area contributed by atoms with E-state index in [0.29, 0.717) is 0 Å². The highest BCUT2D eigenvalue weighted by Crippen LogP contribution is 2.14. The molecule has 0 aliphatic carbocycles. The van der Waals surface area contributed by atoms with E-state index in [1.807, 2.05) is 12.1 Å². The van der Waals surface area contributed by atoms with E-state index in [1.165, 1.54) is 11.6 Å². The van der Waals surface area contributed by atoms with Crippen LogP contribution in [-0.2, 0) is 0 Å². The fourth-order valence-corrected chi connectivity index (χ4v) is 2.09. The van der Waals surface area contributed by atoms with Crippen molar-refractivity contribution < 1.29 is 4.74 Å². The first-order valence-electron chi connectivity index (χ1n) is 5.32. The number of hydrogen-bond acceptors (Lipinski definition) is 1. The minimum Gasteiger partial charge on any atom is -0.497 e. The Morgan fingerprint density at radius 3 is 2.20 bits per heavy atom. The lowest BCUT2D eigenvalue weighted by Crippen LogP contribution is -2.17. The average Bonchev–Trinajstić information content (AvgIpc) is 2.17. The Kier molecular flexibility index (Phi) is 4.15. The van der Waals surface area contributed by atoms with Crippen molar-refractivity contribution in [3.05, 3.63) is 35.9 Å². The van der Waals surface area contributed by atoms with E-state index in [1.54, 1.807) is 7.11 Å². The van der Waals surface area contributed by atoms with Gasteiger partial charge in [0.1, 0.15) is 5.75 Å². The van der Waals surface area contributed by atoms with Crippen LogP contribution in [0.4, 0.5) is 0 Å². The van der Waals surface area contributed by atoms with Crippen molar-refractivity contribution in [1.29, 1.82) is 0 Å². The van der Waals surface area contributed by atoms with Gasteiger partial charge < -0.3 is 4.74 Å². The molecule has 0 unspecified atom stereocenters. The maximum Gasteiger partial charge on any atom is 0.118 e. The monoisotopic (exact) mass is 220 g/mol. The first-order valence-corrected chi connectivity index (χ1v) is 9.02. The van der Waals surface area contributed by atoms with Crippen LogP contribution in [0.3, 0.4) is 0 Å². The molecule has 1 aromatic rings. The maximum absolute atomic E-state index is 5.11. The highest BCUT2D eigenvalue weighted by atomic mass is 28.3. The van der Waals surface area contributed by atoms with Gasteiger partial charge in [0.05, 0.1) is 7.11 Å². The lowest BCUT2D eigenvalue weighted by atomic mass is 10.2. The van der Waals surface area contributed by atoms with Crippen LogP contribution in [0.1, 0.15) is 5.56 Å². The summed E-state index contributed by atoms with van der Waals surface area (Å²) in [6.45, 7) is 7.14. The molecule has 0 saturated heterocycles. The molecule has 0 saturated carbocycles. The Morgan fingerprint density at radius 2 is 1.73 bits per heavy atom. The predicted molar refractivity (Wildman–Crippen MR) is 70.2 cm³/mol. The van der Waals surface area contributed by atoms with E-state index >= 15 is 0 Å². The number of allylic oxidation sites excluding steroid dienone is 1. The van der Waals surface area contributed by atoms with Crippen molar-refractivity contribution in [2.75, 3.05) is 7.11 Å². The van der Waals surface area contributed by atoms with E-state index in [2.05, 4.69) is 43.9 Å². The van der Waals surface area contributed by atoms with Crippen LogP contribution in [0.2, 0.25) is 25.7 Å². The Hall–Kier alpha value is -1.02. The zero-order chi connectivity index (χ0) is 11.3.